The second-order valence-corrected chi connectivity index (χ2v) is 12.9. The molecule has 0 atom stereocenters. The van der Waals surface area contributed by atoms with Gasteiger partial charge in [0.1, 0.15) is 0 Å². The smallest absolute Gasteiger partial charge is 0.201 e. The highest BCUT2D eigenvalue weighted by Gasteiger charge is 2.65. The van der Waals surface area contributed by atoms with E-state index in [4.69, 9.17) is 0 Å². The molecule has 0 amide bonds. The number of alkyl halides is 6. The predicted octanol–water partition coefficient (Wildman–Crippen LogP) is 3.55. The molecule has 5 nitrogen and oxygen atoms in total. The summed E-state index contributed by atoms with van der Waals surface area (Å²) in [7, 11) is -16.9. The summed E-state index contributed by atoms with van der Waals surface area (Å²) in [6.45, 7) is 3.95. The number of unbranched alkanes of at least 4 members (excludes halogenated alkanes) is 1. The molecule has 0 aliphatic carbocycles. The zero-order valence-electron chi connectivity index (χ0n) is 13.1. The summed E-state index contributed by atoms with van der Waals surface area (Å²) in [6, 6.07) is 0. The van der Waals surface area contributed by atoms with E-state index in [0.717, 1.165) is 0 Å². The van der Waals surface area contributed by atoms with Crippen molar-refractivity contribution in [3.05, 3.63) is 0 Å². The molecule has 148 valence electrons. The number of hydrogen-bond donors (Lipinski definition) is 0. The van der Waals surface area contributed by atoms with Gasteiger partial charge in [-0.05, 0) is 26.8 Å². The molecular formula is C10H19F6NO4S3. The Kier molecular flexibility index (Phi) is 7.51. The van der Waals surface area contributed by atoms with E-state index < -0.39 is 55.9 Å². The molecular weight excluding hydrogens is 408 g/mol. The van der Waals surface area contributed by atoms with Crippen LogP contribution in [0.4, 0.5) is 26.3 Å². The zero-order valence-corrected chi connectivity index (χ0v) is 15.6. The second kappa shape index (κ2) is 7.58. The summed E-state index contributed by atoms with van der Waals surface area (Å²) >= 11 is 0. The summed E-state index contributed by atoms with van der Waals surface area (Å²) in [5, 5.41) is 0. The van der Waals surface area contributed by atoms with Crippen molar-refractivity contribution >= 4 is 30.3 Å². The number of halogens is 6. The molecule has 0 aliphatic heterocycles. The van der Waals surface area contributed by atoms with E-state index in [9.17, 15) is 43.2 Å². The predicted molar refractivity (Wildman–Crippen MR) is 80.2 cm³/mol. The van der Waals surface area contributed by atoms with Crippen LogP contribution in [0.5, 0.6) is 0 Å². The topological polar surface area (TPSA) is 71.5 Å². The van der Waals surface area contributed by atoms with Crippen LogP contribution >= 0.6 is 10.2 Å². The highest BCUT2D eigenvalue weighted by atomic mass is 32.4. The summed E-state index contributed by atoms with van der Waals surface area (Å²) < 4.78 is 123. The molecule has 0 fully saturated rings. The van der Waals surface area contributed by atoms with Gasteiger partial charge in [0.05, 0.1) is 0 Å². The first kappa shape index (κ1) is 23.8. The van der Waals surface area contributed by atoms with Gasteiger partial charge in [-0.2, -0.15) is 36.6 Å². The Bertz CT molecular complexity index is 578. The first-order chi connectivity index (χ1) is 10.5. The van der Waals surface area contributed by atoms with Gasteiger partial charge in [-0.25, -0.2) is 16.8 Å². The highest BCUT2D eigenvalue weighted by molar-refractivity contribution is 8.41. The Labute approximate surface area is 138 Å². The molecule has 0 unspecified atom stereocenters. The molecule has 24 heavy (non-hydrogen) atoms. The summed E-state index contributed by atoms with van der Waals surface area (Å²) in [4.78, 5) is 0. The number of rotatable bonds is 8. The fraction of sp³-hybridized carbons (Fsp3) is 1.00. The maximum atomic E-state index is 12.9. The monoisotopic (exact) mass is 427 g/mol. The first-order valence-corrected chi connectivity index (χ1v) is 11.7. The van der Waals surface area contributed by atoms with Gasteiger partial charge >= 0.3 is 31.1 Å². The quantitative estimate of drug-likeness (QED) is 0.556. The van der Waals surface area contributed by atoms with Crippen molar-refractivity contribution in [2.75, 3.05) is 17.3 Å². The van der Waals surface area contributed by atoms with Gasteiger partial charge in [-0.1, -0.05) is 27.2 Å². The summed E-state index contributed by atoms with van der Waals surface area (Å²) in [5.74, 6) is -1.27. The first-order valence-electron chi connectivity index (χ1n) is 6.74. The standard InChI is InChI=1S/C10H19F6NO4S3/c1-4-7-8-22(5-2,6-3)17(23(18,19)9(11,12)13)24(20,21)10(14,15)16/h4-8H2,1-3H3. The molecule has 0 heterocycles. The molecule has 0 spiro atoms. The van der Waals surface area contributed by atoms with Crippen LogP contribution in [-0.2, 0) is 20.0 Å². The van der Waals surface area contributed by atoms with Crippen LogP contribution in [0.15, 0.2) is 0 Å². The lowest BCUT2D eigenvalue weighted by Crippen LogP contribution is -2.51. The van der Waals surface area contributed by atoms with Crippen molar-refractivity contribution in [2.24, 2.45) is 0 Å². The second-order valence-electron chi connectivity index (χ2n) is 4.70. The van der Waals surface area contributed by atoms with Gasteiger partial charge in [-0.15, -0.1) is 0 Å². The Morgan fingerprint density at radius 2 is 1.08 bits per heavy atom. The molecule has 0 saturated carbocycles. The molecule has 0 radical (unpaired) electrons. The van der Waals surface area contributed by atoms with Crippen molar-refractivity contribution in [3.8, 4) is 0 Å². The van der Waals surface area contributed by atoms with Gasteiger partial charge in [0, 0.05) is 0 Å². The molecule has 0 N–H and O–H groups in total. The van der Waals surface area contributed by atoms with Gasteiger partial charge in [0.15, 0.2) is 0 Å². The molecule has 0 aromatic rings. The zero-order chi connectivity index (χ0) is 19.6. The fourth-order valence-electron chi connectivity index (χ4n) is 1.91. The Hall–Kier alpha value is -0.210. The average Bonchev–Trinajstić information content (AvgIpc) is 2.40. The number of hydrogen-bond acceptors (Lipinski definition) is 4. The minimum absolute atomic E-state index is 0.0915. The van der Waals surface area contributed by atoms with E-state index in [1.165, 1.54) is 13.8 Å². The van der Waals surface area contributed by atoms with Gasteiger partial charge in [0.2, 0.25) is 0 Å². The molecule has 0 aliphatic rings. The Morgan fingerprint density at radius 1 is 0.750 bits per heavy atom. The lowest BCUT2D eigenvalue weighted by Gasteiger charge is -2.45. The molecule has 0 bridgehead atoms. The van der Waals surface area contributed by atoms with Crippen molar-refractivity contribution in [1.82, 2.24) is 3.12 Å². The van der Waals surface area contributed by atoms with Crippen LogP contribution in [0.1, 0.15) is 33.6 Å². The lowest BCUT2D eigenvalue weighted by molar-refractivity contribution is -0.0505. The Morgan fingerprint density at radius 3 is 1.29 bits per heavy atom. The maximum absolute atomic E-state index is 12.9. The molecule has 14 heteroatoms. The van der Waals surface area contributed by atoms with E-state index in [2.05, 4.69) is 0 Å². The van der Waals surface area contributed by atoms with Crippen LogP contribution in [-0.4, -0.2) is 48.2 Å². The van der Waals surface area contributed by atoms with Crippen molar-refractivity contribution in [3.63, 3.8) is 0 Å². The van der Waals surface area contributed by atoms with Crippen molar-refractivity contribution < 1.29 is 43.2 Å². The van der Waals surface area contributed by atoms with Gasteiger partial charge < -0.3 is 0 Å². The minimum atomic E-state index is -6.73. The third kappa shape index (κ3) is 4.30. The third-order valence-electron chi connectivity index (χ3n) is 3.25. The fourth-order valence-corrected chi connectivity index (χ4v) is 11.7. The van der Waals surface area contributed by atoms with Crippen LogP contribution < -0.4 is 0 Å². The van der Waals surface area contributed by atoms with Crippen molar-refractivity contribution in [1.29, 1.82) is 0 Å². The number of nitrogens with zero attached hydrogens (tertiary/aromatic N) is 1. The van der Waals surface area contributed by atoms with E-state index in [0.29, 0.717) is 6.42 Å². The van der Waals surface area contributed by atoms with Gasteiger partial charge in [0.25, 0.3) is 0 Å². The van der Waals surface area contributed by atoms with Crippen LogP contribution in [0, 0.1) is 0 Å². The largest absolute Gasteiger partial charge is 0.513 e. The van der Waals surface area contributed by atoms with E-state index in [1.54, 1.807) is 6.92 Å². The number of sulfonamides is 2. The molecule has 0 aromatic heterocycles. The lowest BCUT2D eigenvalue weighted by atomic mass is 10.4. The maximum Gasteiger partial charge on any atom is 0.513 e. The van der Waals surface area contributed by atoms with Crippen LogP contribution in [0.3, 0.4) is 0 Å². The Balaban J connectivity index is 6.79. The summed E-state index contributed by atoms with van der Waals surface area (Å²) in [5.41, 5.74) is -12.3. The van der Waals surface area contributed by atoms with E-state index >= 15 is 0 Å². The van der Waals surface area contributed by atoms with E-state index in [-0.39, 0.29) is 12.2 Å². The highest BCUT2D eigenvalue weighted by Crippen LogP contribution is 2.58. The SMILES string of the molecule is CCCCS(CC)(CC)N(S(=O)(=O)C(F)(F)F)S(=O)(=O)C(F)(F)F. The van der Waals surface area contributed by atoms with Crippen LogP contribution in [0.2, 0.25) is 0 Å². The van der Waals surface area contributed by atoms with Crippen molar-refractivity contribution in [2.45, 2.75) is 44.6 Å². The summed E-state index contributed by atoms with van der Waals surface area (Å²) in [6.07, 6.45) is 0.439. The third-order valence-corrected chi connectivity index (χ3v) is 13.3. The molecule has 0 saturated heterocycles. The molecule has 0 rings (SSSR count). The van der Waals surface area contributed by atoms with Gasteiger partial charge in [-0.3, -0.25) is 0 Å². The van der Waals surface area contributed by atoms with E-state index in [1.807, 2.05) is 0 Å². The average molecular weight is 427 g/mol. The van der Waals surface area contributed by atoms with Crippen LogP contribution in [0.25, 0.3) is 0 Å². The minimum Gasteiger partial charge on any atom is -0.201 e. The normalized spacial score (nSPS) is 15.8. The molecule has 0 aromatic carbocycles.